The highest BCUT2D eigenvalue weighted by Crippen LogP contribution is 2.24. The van der Waals surface area contributed by atoms with Crippen LogP contribution in [-0.4, -0.2) is 27.0 Å². The van der Waals surface area contributed by atoms with Gasteiger partial charge in [0.05, 0.1) is 7.11 Å². The van der Waals surface area contributed by atoms with Crippen molar-refractivity contribution < 1.29 is 9.47 Å². The molecule has 8 heteroatoms. The van der Waals surface area contributed by atoms with Crippen LogP contribution in [0.1, 0.15) is 5.82 Å². The van der Waals surface area contributed by atoms with Gasteiger partial charge in [-0.1, -0.05) is 18.2 Å². The predicted octanol–water partition coefficient (Wildman–Crippen LogP) is 3.33. The lowest BCUT2D eigenvalue weighted by molar-refractivity contribution is 0.299. The van der Waals surface area contributed by atoms with Crippen LogP contribution in [-0.2, 0) is 6.61 Å². The van der Waals surface area contributed by atoms with Gasteiger partial charge in [0.1, 0.15) is 23.6 Å². The van der Waals surface area contributed by atoms with Crippen molar-refractivity contribution in [2.24, 2.45) is 0 Å². The summed E-state index contributed by atoms with van der Waals surface area (Å²) in [7, 11) is 1.62. The molecule has 0 aliphatic carbocycles. The molecule has 0 fully saturated rings. The Morgan fingerprint density at radius 2 is 1.79 bits per heavy atom. The van der Waals surface area contributed by atoms with Crippen molar-refractivity contribution in [2.75, 3.05) is 18.2 Å². The standard InChI is InChI=1S/C20H18N6O2/c1-27-15-9-7-14(8-10-15)23-20-25-17(24-19(21)26-20)12-28-16-6-2-4-13-5-3-11-22-18(13)16/h2-11H,12H2,1H3,(H3,21,23,24,25,26). The average Bonchev–Trinajstić information content (AvgIpc) is 2.72. The van der Waals surface area contributed by atoms with Crippen LogP contribution in [0.3, 0.4) is 0 Å². The SMILES string of the molecule is COc1ccc(Nc2nc(N)nc(COc3cccc4cccnc34)n2)cc1. The molecule has 4 rings (SSSR count). The number of pyridine rings is 1. The van der Waals surface area contributed by atoms with Gasteiger partial charge in [-0.25, -0.2) is 0 Å². The van der Waals surface area contributed by atoms with E-state index in [9.17, 15) is 0 Å². The topological polar surface area (TPSA) is 108 Å². The summed E-state index contributed by atoms with van der Waals surface area (Å²) in [5, 5.41) is 4.10. The van der Waals surface area contributed by atoms with Gasteiger partial charge in [-0.3, -0.25) is 4.98 Å². The number of ether oxygens (including phenoxy) is 2. The van der Waals surface area contributed by atoms with Gasteiger partial charge < -0.3 is 20.5 Å². The van der Waals surface area contributed by atoms with Crippen LogP contribution >= 0.6 is 0 Å². The number of benzene rings is 2. The number of nitrogen functional groups attached to an aromatic ring is 1. The van der Waals surface area contributed by atoms with Gasteiger partial charge in [-0.15, -0.1) is 0 Å². The summed E-state index contributed by atoms with van der Waals surface area (Å²) in [5.74, 6) is 2.28. The fourth-order valence-corrected chi connectivity index (χ4v) is 2.70. The average molecular weight is 374 g/mol. The minimum atomic E-state index is 0.112. The van der Waals surface area contributed by atoms with E-state index in [-0.39, 0.29) is 12.6 Å². The van der Waals surface area contributed by atoms with Crippen LogP contribution in [0.2, 0.25) is 0 Å². The third-order valence-electron chi connectivity index (χ3n) is 4.00. The van der Waals surface area contributed by atoms with Gasteiger partial charge in [0, 0.05) is 17.3 Å². The number of anilines is 3. The second kappa shape index (κ2) is 7.75. The van der Waals surface area contributed by atoms with Crippen LogP contribution < -0.4 is 20.5 Å². The summed E-state index contributed by atoms with van der Waals surface area (Å²) < 4.78 is 11.0. The van der Waals surface area contributed by atoms with Crippen molar-refractivity contribution in [1.82, 2.24) is 19.9 Å². The second-order valence-electron chi connectivity index (χ2n) is 5.91. The summed E-state index contributed by atoms with van der Waals surface area (Å²) >= 11 is 0. The number of fused-ring (bicyclic) bond motifs is 1. The third-order valence-corrected chi connectivity index (χ3v) is 4.00. The van der Waals surface area contributed by atoms with E-state index >= 15 is 0 Å². The van der Waals surface area contributed by atoms with Crippen molar-refractivity contribution in [3.8, 4) is 11.5 Å². The molecule has 0 saturated heterocycles. The van der Waals surface area contributed by atoms with E-state index in [1.165, 1.54) is 0 Å². The Bertz CT molecular complexity index is 1100. The normalized spacial score (nSPS) is 10.6. The number of para-hydroxylation sites is 1. The van der Waals surface area contributed by atoms with Crippen LogP contribution in [0.15, 0.2) is 60.8 Å². The second-order valence-corrected chi connectivity index (χ2v) is 5.91. The van der Waals surface area contributed by atoms with E-state index in [0.717, 1.165) is 22.3 Å². The number of methoxy groups -OCH3 is 1. The van der Waals surface area contributed by atoms with Gasteiger partial charge in [0.25, 0.3) is 0 Å². The molecule has 0 aliphatic heterocycles. The summed E-state index contributed by atoms with van der Waals surface area (Å²) in [6.45, 7) is 0.139. The van der Waals surface area contributed by atoms with E-state index in [1.54, 1.807) is 13.3 Å². The lowest BCUT2D eigenvalue weighted by Gasteiger charge is -2.10. The van der Waals surface area contributed by atoms with Crippen LogP contribution in [0.5, 0.6) is 11.5 Å². The molecule has 0 atom stereocenters. The van der Waals surface area contributed by atoms with Crippen molar-refractivity contribution in [1.29, 1.82) is 0 Å². The molecule has 2 heterocycles. The Morgan fingerprint density at radius 1 is 0.964 bits per heavy atom. The van der Waals surface area contributed by atoms with Gasteiger partial charge in [0.15, 0.2) is 5.82 Å². The summed E-state index contributed by atoms with van der Waals surface area (Å²) in [4.78, 5) is 17.0. The molecular weight excluding hydrogens is 356 g/mol. The maximum Gasteiger partial charge on any atom is 0.232 e. The van der Waals surface area contributed by atoms with Crippen molar-refractivity contribution >= 4 is 28.5 Å². The monoisotopic (exact) mass is 374 g/mol. The molecule has 4 aromatic rings. The fraction of sp³-hybridized carbons (Fsp3) is 0.100. The molecule has 0 saturated carbocycles. The molecule has 0 aliphatic rings. The molecule has 28 heavy (non-hydrogen) atoms. The van der Waals surface area contributed by atoms with Crippen LogP contribution in [0.4, 0.5) is 17.6 Å². The number of nitrogens with one attached hydrogen (secondary N) is 1. The third kappa shape index (κ3) is 3.90. The largest absolute Gasteiger partial charge is 0.497 e. The maximum absolute atomic E-state index is 5.88. The molecule has 8 nitrogen and oxygen atoms in total. The summed E-state index contributed by atoms with van der Waals surface area (Å²) in [6, 6.07) is 17.0. The molecule has 3 N–H and O–H groups in total. The van der Waals surface area contributed by atoms with Gasteiger partial charge in [-0.2, -0.15) is 15.0 Å². The van der Waals surface area contributed by atoms with Gasteiger partial charge in [0.2, 0.25) is 11.9 Å². The minimum absolute atomic E-state index is 0.112. The molecule has 140 valence electrons. The highest BCUT2D eigenvalue weighted by molar-refractivity contribution is 5.84. The summed E-state index contributed by atoms with van der Waals surface area (Å²) in [5.41, 5.74) is 7.41. The number of nitrogens with zero attached hydrogens (tertiary/aromatic N) is 4. The molecule has 0 bridgehead atoms. The van der Waals surface area contributed by atoms with Gasteiger partial charge in [-0.05, 0) is 36.4 Å². The highest BCUT2D eigenvalue weighted by Gasteiger charge is 2.08. The first-order valence-electron chi connectivity index (χ1n) is 8.59. The van der Waals surface area contributed by atoms with E-state index in [2.05, 4.69) is 25.3 Å². The molecular formula is C20H18N6O2. The molecule has 0 amide bonds. The van der Waals surface area contributed by atoms with Crippen LogP contribution in [0.25, 0.3) is 10.9 Å². The van der Waals surface area contributed by atoms with Crippen molar-refractivity contribution in [2.45, 2.75) is 6.61 Å². The first-order chi connectivity index (χ1) is 13.7. The molecule has 0 radical (unpaired) electrons. The Hall–Kier alpha value is -3.94. The molecule has 2 aromatic heterocycles. The first kappa shape index (κ1) is 17.5. The number of nitrogens with two attached hydrogens (primary N) is 1. The quantitative estimate of drug-likeness (QED) is 0.529. The van der Waals surface area contributed by atoms with E-state index in [1.807, 2.05) is 54.6 Å². The highest BCUT2D eigenvalue weighted by atomic mass is 16.5. The zero-order valence-electron chi connectivity index (χ0n) is 15.2. The smallest absolute Gasteiger partial charge is 0.232 e. The number of hydrogen-bond donors (Lipinski definition) is 2. The van der Waals surface area contributed by atoms with Crippen molar-refractivity contribution in [3.05, 3.63) is 66.6 Å². The first-order valence-corrected chi connectivity index (χ1v) is 8.59. The minimum Gasteiger partial charge on any atom is -0.497 e. The number of aromatic nitrogens is 4. The van der Waals surface area contributed by atoms with Crippen LogP contribution in [0, 0.1) is 0 Å². The number of rotatable bonds is 6. The maximum atomic E-state index is 5.88. The zero-order chi connectivity index (χ0) is 19.3. The Labute approximate surface area is 161 Å². The molecule has 0 unspecified atom stereocenters. The van der Waals surface area contributed by atoms with E-state index in [4.69, 9.17) is 15.2 Å². The lowest BCUT2D eigenvalue weighted by atomic mass is 10.2. The Morgan fingerprint density at radius 3 is 2.61 bits per heavy atom. The zero-order valence-corrected chi connectivity index (χ0v) is 15.2. The number of hydrogen-bond acceptors (Lipinski definition) is 8. The van der Waals surface area contributed by atoms with Crippen molar-refractivity contribution in [3.63, 3.8) is 0 Å². The van der Waals surface area contributed by atoms with E-state index < -0.39 is 0 Å². The van der Waals surface area contributed by atoms with E-state index in [0.29, 0.717) is 17.5 Å². The molecule has 0 spiro atoms. The Kier molecular flexibility index (Phi) is 4.83. The summed E-state index contributed by atoms with van der Waals surface area (Å²) in [6.07, 6.45) is 1.73. The molecule has 2 aromatic carbocycles. The van der Waals surface area contributed by atoms with Gasteiger partial charge >= 0.3 is 0 Å². The Balaban J connectivity index is 1.51. The fourth-order valence-electron chi connectivity index (χ4n) is 2.70. The lowest BCUT2D eigenvalue weighted by Crippen LogP contribution is -2.09. The predicted molar refractivity (Wildman–Crippen MR) is 107 cm³/mol.